The molecule has 0 bridgehead atoms. The van der Waals surface area contributed by atoms with Gasteiger partial charge in [-0.1, -0.05) is 127 Å². The fraction of sp³-hybridized carbons (Fsp3) is 0.710. The molecule has 0 spiro atoms. The number of carboxylic acids is 1. The van der Waals surface area contributed by atoms with Crippen LogP contribution in [0.1, 0.15) is 167 Å². The Morgan fingerprint density at radius 2 is 0.926 bits per heavy atom. The summed E-state index contributed by atoms with van der Waals surface area (Å²) >= 11 is 0. The monoisotopic (exact) mass is 1320 g/mol. The molecule has 12 atom stereocenters. The van der Waals surface area contributed by atoms with Crippen LogP contribution in [0.25, 0.3) is 0 Å². The van der Waals surface area contributed by atoms with Crippen molar-refractivity contribution in [2.45, 2.75) is 223 Å². The molecule has 25 nitrogen and oxygen atoms in total. The van der Waals surface area contributed by atoms with Gasteiger partial charge in [0, 0.05) is 49.3 Å². The fourth-order valence-electron chi connectivity index (χ4n) is 11.3. The molecule has 1 aliphatic rings. The number of benzene rings is 1. The Kier molecular flexibility index (Phi) is 35.5. The standard InChI is InChI=1S/C62H111N11O12.C7H6O2/c1-25-27-28-40(15)52(75)51-56(79)65-43(26-2)58(81)67(18)33-48(74)68(19)44(29-34(3)4)55(78)66-49(38(11)12)61(84)69(20)45(30-35(5)6)54(77)63-41(16)53(76)64-42(17)57(80)70(21)46(31-36(7)8)59(82)71(22)47(32-37(9)10)60(83)72(23)50(39(13)14)62(85)73(51)24;8-7(9)6-4-2-1-3-5-6/h25,27,34-47,49-52,75H,26,28-33H2,1-24H3,(H,63,77)(H,64,76)(H,65,79)(H,66,78);1-5H,(H,8,9)/t40-,41+,42-,43+,44+,45+,46+,47+,49+,50+,51+,52-;/m1./s1. The van der Waals surface area contributed by atoms with Crippen LogP contribution in [-0.2, 0) is 52.7 Å². The van der Waals surface area contributed by atoms with Crippen molar-refractivity contribution in [3.8, 4) is 0 Å². The topological polar surface area (TPSA) is 316 Å². The third-order valence-corrected chi connectivity index (χ3v) is 17.1. The van der Waals surface area contributed by atoms with Gasteiger partial charge in [-0.15, -0.1) is 0 Å². The minimum atomic E-state index is -1.61. The Balaban J connectivity index is 0.00000449. The summed E-state index contributed by atoms with van der Waals surface area (Å²) in [5.41, 5.74) is 0.331. The lowest BCUT2D eigenvalue weighted by Crippen LogP contribution is -2.63. The Labute approximate surface area is 560 Å². The number of aliphatic hydroxyl groups is 1. The lowest BCUT2D eigenvalue weighted by atomic mass is 9.91. The van der Waals surface area contributed by atoms with Crippen molar-refractivity contribution in [2.24, 2.45) is 41.4 Å². The number of nitrogens with zero attached hydrogens (tertiary/aromatic N) is 7. The van der Waals surface area contributed by atoms with E-state index >= 15 is 9.59 Å². The van der Waals surface area contributed by atoms with Gasteiger partial charge in [0.25, 0.3) is 0 Å². The van der Waals surface area contributed by atoms with Crippen LogP contribution < -0.4 is 21.3 Å². The number of carbonyl (C=O) groups is 12. The number of aliphatic hydroxyl groups excluding tert-OH is 1. The molecular weight excluding hydrogens is 1210 g/mol. The Morgan fingerprint density at radius 3 is 1.36 bits per heavy atom. The van der Waals surface area contributed by atoms with Crippen LogP contribution in [0.2, 0.25) is 0 Å². The molecule has 1 fully saturated rings. The molecule has 1 heterocycles. The molecule has 0 aromatic heterocycles. The highest BCUT2D eigenvalue weighted by atomic mass is 16.4. The summed E-state index contributed by atoms with van der Waals surface area (Å²) in [6.45, 7) is 29.3. The zero-order valence-electron chi connectivity index (χ0n) is 60.8. The van der Waals surface area contributed by atoms with Gasteiger partial charge in [0.15, 0.2) is 0 Å². The van der Waals surface area contributed by atoms with Crippen molar-refractivity contribution in [3.63, 3.8) is 0 Å². The van der Waals surface area contributed by atoms with Gasteiger partial charge < -0.3 is 65.8 Å². The van der Waals surface area contributed by atoms with Crippen molar-refractivity contribution in [3.05, 3.63) is 48.0 Å². The first-order valence-electron chi connectivity index (χ1n) is 33.2. The lowest BCUT2D eigenvalue weighted by molar-refractivity contribution is -0.157. The summed E-state index contributed by atoms with van der Waals surface area (Å²) < 4.78 is 0. The van der Waals surface area contributed by atoms with E-state index in [0.29, 0.717) is 12.0 Å². The van der Waals surface area contributed by atoms with Crippen molar-refractivity contribution in [2.75, 3.05) is 55.9 Å². The number of rotatable bonds is 16. The van der Waals surface area contributed by atoms with E-state index in [-0.39, 0.29) is 55.8 Å². The van der Waals surface area contributed by atoms with Crippen LogP contribution in [0.5, 0.6) is 0 Å². The van der Waals surface area contributed by atoms with E-state index in [1.807, 2.05) is 61.5 Å². The van der Waals surface area contributed by atoms with Crippen molar-refractivity contribution in [1.82, 2.24) is 55.6 Å². The van der Waals surface area contributed by atoms with Gasteiger partial charge in [-0.05, 0) is 113 Å². The molecule has 0 unspecified atom stereocenters. The number of hydrogen-bond donors (Lipinski definition) is 6. The molecule has 11 amide bonds. The van der Waals surface area contributed by atoms with Crippen LogP contribution in [0.15, 0.2) is 42.5 Å². The van der Waals surface area contributed by atoms with E-state index in [0.717, 1.165) is 9.80 Å². The molecule has 0 aliphatic carbocycles. The van der Waals surface area contributed by atoms with Gasteiger partial charge in [0.05, 0.1) is 18.2 Å². The lowest BCUT2D eigenvalue weighted by Gasteiger charge is -2.41. The summed E-state index contributed by atoms with van der Waals surface area (Å²) in [4.78, 5) is 179. The molecule has 1 aromatic carbocycles. The highest BCUT2D eigenvalue weighted by Gasteiger charge is 2.46. The van der Waals surface area contributed by atoms with Crippen LogP contribution in [0, 0.1) is 41.4 Å². The van der Waals surface area contributed by atoms with Crippen molar-refractivity contribution in [1.29, 1.82) is 0 Å². The smallest absolute Gasteiger partial charge is 0.335 e. The molecular formula is C69H117N11O14. The first kappa shape index (κ1) is 84.6. The average Bonchev–Trinajstić information content (AvgIpc) is 0.834. The number of amides is 11. The van der Waals surface area contributed by atoms with Crippen molar-refractivity contribution >= 4 is 70.9 Å². The highest BCUT2D eigenvalue weighted by Crippen LogP contribution is 2.26. The van der Waals surface area contributed by atoms with E-state index in [4.69, 9.17) is 5.11 Å². The number of carbonyl (C=O) groups excluding carboxylic acids is 11. The zero-order chi connectivity index (χ0) is 72.7. The fourth-order valence-corrected chi connectivity index (χ4v) is 11.3. The summed E-state index contributed by atoms with van der Waals surface area (Å²) in [6.07, 6.45) is 3.04. The third-order valence-electron chi connectivity index (χ3n) is 17.1. The number of hydrogen-bond acceptors (Lipinski definition) is 13. The van der Waals surface area contributed by atoms with Crippen LogP contribution in [-0.4, -0.2) is 238 Å². The molecule has 6 N–H and O–H groups in total. The van der Waals surface area contributed by atoms with Crippen LogP contribution >= 0.6 is 0 Å². The predicted octanol–water partition coefficient (Wildman–Crippen LogP) is 4.65. The molecule has 94 heavy (non-hydrogen) atoms. The normalized spacial score (nSPS) is 25.2. The van der Waals surface area contributed by atoms with E-state index in [9.17, 15) is 53.1 Å². The van der Waals surface area contributed by atoms with Gasteiger partial charge in [-0.3, -0.25) is 52.7 Å². The summed E-state index contributed by atoms with van der Waals surface area (Å²) in [7, 11) is 9.92. The third kappa shape index (κ3) is 24.7. The quantitative estimate of drug-likeness (QED) is 0.123. The number of nitrogens with one attached hydrogen (secondary N) is 4. The summed E-state index contributed by atoms with van der Waals surface area (Å²) in [5.74, 6) is -10.6. The molecule has 1 saturated heterocycles. The number of allylic oxidation sites excluding steroid dienone is 2. The van der Waals surface area contributed by atoms with Gasteiger partial charge in [0.2, 0.25) is 65.0 Å². The Bertz CT molecular complexity index is 2740. The molecule has 532 valence electrons. The van der Waals surface area contributed by atoms with E-state index in [2.05, 4.69) is 21.3 Å². The van der Waals surface area contributed by atoms with Crippen LogP contribution in [0.3, 0.4) is 0 Å². The Morgan fingerprint density at radius 1 is 0.500 bits per heavy atom. The second-order valence-corrected chi connectivity index (χ2v) is 27.8. The average molecular weight is 1320 g/mol. The van der Waals surface area contributed by atoms with Gasteiger partial charge in [0.1, 0.15) is 60.4 Å². The highest BCUT2D eigenvalue weighted by molar-refractivity contribution is 5.99. The van der Waals surface area contributed by atoms with E-state index < -0.39 is 162 Å². The first-order valence-corrected chi connectivity index (χ1v) is 33.2. The molecule has 1 aliphatic heterocycles. The zero-order valence-corrected chi connectivity index (χ0v) is 60.8. The second-order valence-electron chi connectivity index (χ2n) is 27.8. The van der Waals surface area contributed by atoms with Crippen LogP contribution in [0.4, 0.5) is 0 Å². The Hall–Kier alpha value is -7.44. The maximum atomic E-state index is 15.1. The van der Waals surface area contributed by atoms with E-state index in [1.165, 1.54) is 87.7 Å². The first-order chi connectivity index (χ1) is 43.5. The van der Waals surface area contributed by atoms with Gasteiger partial charge in [-0.25, -0.2) is 4.79 Å². The molecule has 2 rings (SSSR count). The summed E-state index contributed by atoms with van der Waals surface area (Å²) in [6, 6.07) is -4.03. The number of carboxylic acid groups (broad SMARTS) is 1. The maximum absolute atomic E-state index is 15.1. The second kappa shape index (κ2) is 39.4. The minimum Gasteiger partial charge on any atom is -0.478 e. The maximum Gasteiger partial charge on any atom is 0.335 e. The molecule has 0 saturated carbocycles. The number of likely N-dealkylation sites (N-methyl/N-ethyl adjacent to an activating group) is 7. The van der Waals surface area contributed by atoms with Crippen molar-refractivity contribution < 1.29 is 67.7 Å². The van der Waals surface area contributed by atoms with Gasteiger partial charge in [-0.2, -0.15) is 0 Å². The van der Waals surface area contributed by atoms with Gasteiger partial charge >= 0.3 is 5.97 Å². The molecule has 1 aromatic rings. The molecule has 0 radical (unpaired) electrons. The predicted molar refractivity (Wildman–Crippen MR) is 362 cm³/mol. The number of aromatic carboxylic acids is 1. The molecule has 25 heteroatoms. The van der Waals surface area contributed by atoms with E-state index in [1.54, 1.807) is 84.9 Å². The largest absolute Gasteiger partial charge is 0.478 e. The SMILES string of the molecule is CC=CC[C@@H](C)[C@@H](O)[C@H]1C(=O)N[C@@H](CC)C(=O)N(C)CC(=O)N(C)[C@@H](CC(C)C)C(=O)N[C@@H](C(C)C)C(=O)N(C)[C@@H](CC(C)C)C(=O)N[C@@H](C)C(=O)N[C@H](C)C(=O)N(C)[C@@H](CC(C)C)C(=O)N(C)[C@@H](CC(C)C)C(=O)N(C)[C@@H](C(C)C)C(=O)N1C.O=C(O)c1ccccc1. The minimum absolute atomic E-state index is 0.0229. The summed E-state index contributed by atoms with van der Waals surface area (Å²) in [5, 5.41) is 31.4.